The fraction of sp³-hybridized carbons (Fsp3) is 0.417. The molecule has 0 aliphatic heterocycles. The van der Waals surface area contributed by atoms with Gasteiger partial charge in [0.1, 0.15) is 5.82 Å². The zero-order valence-corrected chi connectivity index (χ0v) is 9.50. The molecule has 1 atom stereocenters. The largest absolute Gasteiger partial charge is 0.465 e. The van der Waals surface area contributed by atoms with Gasteiger partial charge in [-0.05, 0) is 31.5 Å². The highest BCUT2D eigenvalue weighted by atomic mass is 19.1. The summed E-state index contributed by atoms with van der Waals surface area (Å²) < 4.78 is 17.5. The number of carbonyl (C=O) groups is 1. The van der Waals surface area contributed by atoms with Crippen LogP contribution in [0.4, 0.5) is 4.39 Å². The van der Waals surface area contributed by atoms with Crippen LogP contribution in [0.15, 0.2) is 24.3 Å². The van der Waals surface area contributed by atoms with Crippen molar-refractivity contribution in [3.63, 3.8) is 0 Å². The van der Waals surface area contributed by atoms with Crippen molar-refractivity contribution in [1.82, 2.24) is 5.32 Å². The summed E-state index contributed by atoms with van der Waals surface area (Å²) in [4.78, 5) is 11.1. The lowest BCUT2D eigenvalue weighted by Crippen LogP contribution is -2.27. The molecule has 0 fully saturated rings. The monoisotopic (exact) mass is 225 g/mol. The second kappa shape index (κ2) is 6.23. The van der Waals surface area contributed by atoms with Gasteiger partial charge in [-0.3, -0.25) is 4.79 Å². The van der Waals surface area contributed by atoms with Crippen LogP contribution in [0.5, 0.6) is 0 Å². The molecule has 1 aromatic carbocycles. The first-order valence-corrected chi connectivity index (χ1v) is 5.28. The number of ether oxygens (including phenoxy) is 1. The Hall–Kier alpha value is -1.42. The maximum absolute atomic E-state index is 12.7. The van der Waals surface area contributed by atoms with Gasteiger partial charge < -0.3 is 10.1 Å². The summed E-state index contributed by atoms with van der Waals surface area (Å²) in [6, 6.07) is 6.18. The van der Waals surface area contributed by atoms with E-state index in [1.807, 2.05) is 6.92 Å². The Morgan fingerprint density at radius 2 is 2.06 bits per heavy atom. The first kappa shape index (κ1) is 12.6. The van der Waals surface area contributed by atoms with Gasteiger partial charge in [0.2, 0.25) is 0 Å². The van der Waals surface area contributed by atoms with E-state index in [2.05, 4.69) is 5.32 Å². The molecule has 0 aromatic heterocycles. The van der Waals surface area contributed by atoms with Crippen LogP contribution < -0.4 is 5.32 Å². The molecule has 1 rings (SSSR count). The molecule has 0 bridgehead atoms. The number of carbonyl (C=O) groups excluding carboxylic acids is 1. The van der Waals surface area contributed by atoms with E-state index in [-0.39, 0.29) is 24.4 Å². The molecule has 0 aliphatic rings. The van der Waals surface area contributed by atoms with E-state index in [0.29, 0.717) is 6.61 Å². The highest BCUT2D eigenvalue weighted by molar-refractivity contribution is 5.71. The summed E-state index contributed by atoms with van der Waals surface area (Å²) >= 11 is 0. The predicted molar refractivity (Wildman–Crippen MR) is 59.5 cm³/mol. The van der Waals surface area contributed by atoms with Crippen LogP contribution in [0.3, 0.4) is 0 Å². The standard InChI is InChI=1S/C12H16FNO2/c1-3-16-12(15)8-14-9(2)10-4-6-11(13)7-5-10/h4-7,9,14H,3,8H2,1-2H3/t9-/m0/s1. The molecule has 0 unspecified atom stereocenters. The zero-order valence-electron chi connectivity index (χ0n) is 9.50. The van der Waals surface area contributed by atoms with Crippen molar-refractivity contribution in [2.75, 3.05) is 13.2 Å². The molecule has 0 radical (unpaired) electrons. The highest BCUT2D eigenvalue weighted by Gasteiger charge is 2.07. The van der Waals surface area contributed by atoms with Crippen LogP contribution in [0, 0.1) is 5.82 Å². The Kier molecular flexibility index (Phi) is 4.92. The predicted octanol–water partition coefficient (Wildman–Crippen LogP) is 2.04. The van der Waals surface area contributed by atoms with Crippen molar-refractivity contribution in [2.24, 2.45) is 0 Å². The van der Waals surface area contributed by atoms with Gasteiger partial charge in [-0.15, -0.1) is 0 Å². The highest BCUT2D eigenvalue weighted by Crippen LogP contribution is 2.12. The summed E-state index contributed by atoms with van der Waals surface area (Å²) in [5.41, 5.74) is 0.936. The number of hydrogen-bond donors (Lipinski definition) is 1. The third-order valence-electron chi connectivity index (χ3n) is 2.23. The number of hydrogen-bond acceptors (Lipinski definition) is 3. The molecule has 0 saturated heterocycles. The van der Waals surface area contributed by atoms with Crippen LogP contribution in [-0.2, 0) is 9.53 Å². The van der Waals surface area contributed by atoms with Crippen molar-refractivity contribution in [3.05, 3.63) is 35.6 Å². The number of benzene rings is 1. The molecule has 3 nitrogen and oxygen atoms in total. The molecular weight excluding hydrogens is 209 g/mol. The van der Waals surface area contributed by atoms with Gasteiger partial charge in [0.05, 0.1) is 13.2 Å². The first-order chi connectivity index (χ1) is 7.63. The second-order valence-electron chi connectivity index (χ2n) is 3.46. The quantitative estimate of drug-likeness (QED) is 0.779. The molecule has 0 aliphatic carbocycles. The molecule has 0 saturated carbocycles. The summed E-state index contributed by atoms with van der Waals surface area (Å²) in [6.07, 6.45) is 0. The molecule has 4 heteroatoms. The van der Waals surface area contributed by atoms with E-state index in [0.717, 1.165) is 5.56 Å². The maximum Gasteiger partial charge on any atom is 0.319 e. The number of halogens is 1. The lowest BCUT2D eigenvalue weighted by molar-refractivity contribution is -0.142. The van der Waals surface area contributed by atoms with Crippen molar-refractivity contribution < 1.29 is 13.9 Å². The summed E-state index contributed by atoms with van der Waals surface area (Å²) in [6.45, 7) is 4.21. The van der Waals surface area contributed by atoms with Crippen molar-refractivity contribution in [3.8, 4) is 0 Å². The Morgan fingerprint density at radius 1 is 1.44 bits per heavy atom. The van der Waals surface area contributed by atoms with Gasteiger partial charge in [-0.2, -0.15) is 0 Å². The van der Waals surface area contributed by atoms with Gasteiger partial charge in [0, 0.05) is 6.04 Å². The molecule has 1 aromatic rings. The smallest absolute Gasteiger partial charge is 0.319 e. The topological polar surface area (TPSA) is 38.3 Å². The van der Waals surface area contributed by atoms with E-state index in [1.165, 1.54) is 12.1 Å². The Bertz CT molecular complexity index is 337. The Balaban J connectivity index is 2.43. The lowest BCUT2D eigenvalue weighted by atomic mass is 10.1. The Morgan fingerprint density at radius 3 is 2.62 bits per heavy atom. The molecule has 0 spiro atoms. The van der Waals surface area contributed by atoms with Crippen LogP contribution in [0.25, 0.3) is 0 Å². The molecule has 1 N–H and O–H groups in total. The fourth-order valence-electron chi connectivity index (χ4n) is 1.32. The van der Waals surface area contributed by atoms with Crippen molar-refractivity contribution in [1.29, 1.82) is 0 Å². The average Bonchev–Trinajstić information content (AvgIpc) is 2.27. The fourth-order valence-corrected chi connectivity index (χ4v) is 1.32. The van der Waals surface area contributed by atoms with Gasteiger partial charge in [0.25, 0.3) is 0 Å². The minimum atomic E-state index is -0.281. The summed E-state index contributed by atoms with van der Waals surface area (Å²) in [7, 11) is 0. The van der Waals surface area contributed by atoms with Gasteiger partial charge >= 0.3 is 5.97 Å². The van der Waals surface area contributed by atoms with Crippen LogP contribution in [-0.4, -0.2) is 19.1 Å². The Labute approximate surface area is 94.6 Å². The molecular formula is C12H16FNO2. The minimum Gasteiger partial charge on any atom is -0.465 e. The van der Waals surface area contributed by atoms with Gasteiger partial charge in [-0.1, -0.05) is 12.1 Å². The summed E-state index contributed by atoms with van der Waals surface area (Å²) in [5, 5.41) is 3.01. The van der Waals surface area contributed by atoms with E-state index >= 15 is 0 Å². The SMILES string of the molecule is CCOC(=O)CN[C@@H](C)c1ccc(F)cc1. The second-order valence-corrected chi connectivity index (χ2v) is 3.46. The number of rotatable bonds is 5. The average molecular weight is 225 g/mol. The van der Waals surface area contributed by atoms with E-state index in [4.69, 9.17) is 4.74 Å². The third-order valence-corrected chi connectivity index (χ3v) is 2.23. The maximum atomic E-state index is 12.7. The van der Waals surface area contributed by atoms with E-state index in [1.54, 1.807) is 19.1 Å². The lowest BCUT2D eigenvalue weighted by Gasteiger charge is -2.13. The third kappa shape index (κ3) is 3.98. The number of esters is 1. The molecule has 88 valence electrons. The normalized spacial score (nSPS) is 12.2. The van der Waals surface area contributed by atoms with Crippen LogP contribution in [0.1, 0.15) is 25.5 Å². The molecule has 0 amide bonds. The minimum absolute atomic E-state index is 0.00925. The first-order valence-electron chi connectivity index (χ1n) is 5.28. The van der Waals surface area contributed by atoms with Gasteiger partial charge in [-0.25, -0.2) is 4.39 Å². The van der Waals surface area contributed by atoms with Crippen molar-refractivity contribution in [2.45, 2.75) is 19.9 Å². The van der Waals surface area contributed by atoms with Gasteiger partial charge in [0.15, 0.2) is 0 Å². The molecule has 16 heavy (non-hydrogen) atoms. The van der Waals surface area contributed by atoms with Crippen LogP contribution >= 0.6 is 0 Å². The van der Waals surface area contributed by atoms with Crippen LogP contribution in [0.2, 0.25) is 0 Å². The summed E-state index contributed by atoms with van der Waals surface area (Å²) in [5.74, 6) is -0.544. The van der Waals surface area contributed by atoms with E-state index in [9.17, 15) is 9.18 Å². The van der Waals surface area contributed by atoms with E-state index < -0.39 is 0 Å². The van der Waals surface area contributed by atoms with Crippen molar-refractivity contribution >= 4 is 5.97 Å². The number of nitrogens with one attached hydrogen (secondary N) is 1. The molecule has 0 heterocycles. The zero-order chi connectivity index (χ0) is 12.0.